The van der Waals surface area contributed by atoms with Gasteiger partial charge in [0.1, 0.15) is 17.5 Å². The van der Waals surface area contributed by atoms with Crippen molar-refractivity contribution < 1.29 is 4.39 Å². The van der Waals surface area contributed by atoms with Crippen molar-refractivity contribution in [3.63, 3.8) is 0 Å². The number of hydrogen-bond donors (Lipinski definition) is 1. The number of nitrogens with zero attached hydrogens (tertiary/aromatic N) is 3. The number of aryl methyl sites for hydroxylation is 1. The number of halogens is 1. The van der Waals surface area contributed by atoms with E-state index < -0.39 is 0 Å². The number of nitrogens with two attached hydrogens (primary N) is 1. The van der Waals surface area contributed by atoms with Gasteiger partial charge in [-0.15, -0.1) is 0 Å². The molecule has 0 saturated heterocycles. The van der Waals surface area contributed by atoms with Gasteiger partial charge in [-0.3, -0.25) is 0 Å². The fourth-order valence-electron chi connectivity index (χ4n) is 1.39. The Morgan fingerprint density at radius 1 is 1.19 bits per heavy atom. The van der Waals surface area contributed by atoms with Crippen molar-refractivity contribution in [3.8, 4) is 11.4 Å². The Kier molecular flexibility index (Phi) is 2.87. The Hall–Kier alpha value is -1.88. The first kappa shape index (κ1) is 10.6. The van der Waals surface area contributed by atoms with Crippen molar-refractivity contribution in [2.24, 2.45) is 5.73 Å². The smallest absolute Gasteiger partial charge is 0.166 e. The average Bonchev–Trinajstić information content (AvgIpc) is 2.28. The molecule has 0 saturated carbocycles. The summed E-state index contributed by atoms with van der Waals surface area (Å²) in [6.45, 7) is 1.94. The van der Waals surface area contributed by atoms with Crippen molar-refractivity contribution in [3.05, 3.63) is 41.7 Å². The van der Waals surface area contributed by atoms with E-state index in [1.165, 1.54) is 6.07 Å². The van der Waals surface area contributed by atoms with Gasteiger partial charge in [0.25, 0.3) is 0 Å². The highest BCUT2D eigenvalue weighted by Crippen LogP contribution is 2.18. The zero-order valence-electron chi connectivity index (χ0n) is 8.81. The second kappa shape index (κ2) is 4.32. The molecule has 0 atom stereocenters. The maximum absolute atomic E-state index is 13.5. The van der Waals surface area contributed by atoms with E-state index in [0.29, 0.717) is 23.0 Å². The third-order valence-electron chi connectivity index (χ3n) is 2.09. The van der Waals surface area contributed by atoms with Gasteiger partial charge in [0.15, 0.2) is 5.82 Å². The Morgan fingerprint density at radius 3 is 2.62 bits per heavy atom. The Bertz CT molecular complexity index is 513. The van der Waals surface area contributed by atoms with Crippen molar-refractivity contribution in [2.45, 2.75) is 13.5 Å². The SMILES string of the molecule is Cc1nc(CN)nc(-c2ccccc2F)n1. The molecular weight excluding hydrogens is 207 g/mol. The van der Waals surface area contributed by atoms with Gasteiger partial charge >= 0.3 is 0 Å². The minimum absolute atomic E-state index is 0.213. The van der Waals surface area contributed by atoms with Gasteiger partial charge in [-0.25, -0.2) is 19.3 Å². The van der Waals surface area contributed by atoms with Crippen LogP contribution in [0, 0.1) is 12.7 Å². The van der Waals surface area contributed by atoms with Gasteiger partial charge in [-0.2, -0.15) is 0 Å². The molecule has 0 radical (unpaired) electrons. The second-order valence-electron chi connectivity index (χ2n) is 3.31. The van der Waals surface area contributed by atoms with E-state index in [1.807, 2.05) is 0 Å². The first-order chi connectivity index (χ1) is 7.70. The van der Waals surface area contributed by atoms with Crippen LogP contribution in [0.15, 0.2) is 24.3 Å². The lowest BCUT2D eigenvalue weighted by molar-refractivity contribution is 0.629. The van der Waals surface area contributed by atoms with Gasteiger partial charge < -0.3 is 5.73 Å². The fraction of sp³-hybridized carbons (Fsp3) is 0.182. The molecule has 2 rings (SSSR count). The topological polar surface area (TPSA) is 64.7 Å². The zero-order valence-corrected chi connectivity index (χ0v) is 8.81. The molecule has 16 heavy (non-hydrogen) atoms. The molecule has 0 unspecified atom stereocenters. The lowest BCUT2D eigenvalue weighted by Crippen LogP contribution is -2.07. The van der Waals surface area contributed by atoms with E-state index in [2.05, 4.69) is 15.0 Å². The van der Waals surface area contributed by atoms with Gasteiger partial charge in [0, 0.05) is 0 Å². The monoisotopic (exact) mass is 218 g/mol. The summed E-state index contributed by atoms with van der Waals surface area (Å²) in [7, 11) is 0. The zero-order chi connectivity index (χ0) is 11.5. The maximum atomic E-state index is 13.5. The van der Waals surface area contributed by atoms with Gasteiger partial charge in [-0.1, -0.05) is 12.1 Å². The largest absolute Gasteiger partial charge is 0.324 e. The Labute approximate surface area is 92.4 Å². The highest BCUT2D eigenvalue weighted by atomic mass is 19.1. The van der Waals surface area contributed by atoms with Crippen LogP contribution in [0.4, 0.5) is 4.39 Å². The minimum atomic E-state index is -0.351. The molecule has 0 amide bonds. The van der Waals surface area contributed by atoms with Crippen molar-refractivity contribution >= 4 is 0 Å². The predicted octanol–water partition coefficient (Wildman–Crippen LogP) is 1.44. The summed E-state index contributed by atoms with van der Waals surface area (Å²) < 4.78 is 13.5. The molecule has 0 aliphatic carbocycles. The number of rotatable bonds is 2. The Morgan fingerprint density at radius 2 is 1.94 bits per heavy atom. The molecule has 1 aromatic carbocycles. The molecule has 0 bridgehead atoms. The molecule has 0 aliphatic heterocycles. The third-order valence-corrected chi connectivity index (χ3v) is 2.09. The first-order valence-electron chi connectivity index (χ1n) is 4.87. The van der Waals surface area contributed by atoms with Crippen LogP contribution in [-0.2, 0) is 6.54 Å². The summed E-state index contributed by atoms with van der Waals surface area (Å²) in [4.78, 5) is 12.2. The summed E-state index contributed by atoms with van der Waals surface area (Å²) in [5.41, 5.74) is 5.82. The quantitative estimate of drug-likeness (QED) is 0.828. The van der Waals surface area contributed by atoms with Crippen LogP contribution in [0.3, 0.4) is 0 Å². The number of aromatic nitrogens is 3. The van der Waals surface area contributed by atoms with Crippen LogP contribution in [-0.4, -0.2) is 15.0 Å². The molecule has 82 valence electrons. The predicted molar refractivity (Wildman–Crippen MR) is 57.8 cm³/mol. The van der Waals surface area contributed by atoms with Gasteiger partial charge in [-0.05, 0) is 19.1 Å². The van der Waals surface area contributed by atoms with Crippen molar-refractivity contribution in [1.82, 2.24) is 15.0 Å². The fourth-order valence-corrected chi connectivity index (χ4v) is 1.39. The lowest BCUT2D eigenvalue weighted by atomic mass is 10.2. The van der Waals surface area contributed by atoms with Crippen molar-refractivity contribution in [2.75, 3.05) is 0 Å². The van der Waals surface area contributed by atoms with Crippen LogP contribution >= 0.6 is 0 Å². The molecular formula is C11H11FN4. The van der Waals surface area contributed by atoms with E-state index >= 15 is 0 Å². The normalized spacial score (nSPS) is 10.4. The van der Waals surface area contributed by atoms with E-state index in [4.69, 9.17) is 5.73 Å². The Balaban J connectivity index is 2.56. The molecule has 0 spiro atoms. The van der Waals surface area contributed by atoms with Crippen LogP contribution in [0.2, 0.25) is 0 Å². The summed E-state index contributed by atoms with van der Waals surface area (Å²) in [5, 5.41) is 0. The average molecular weight is 218 g/mol. The van der Waals surface area contributed by atoms with Gasteiger partial charge in [0.2, 0.25) is 0 Å². The summed E-state index contributed by atoms with van der Waals surface area (Å²) >= 11 is 0. The molecule has 2 N–H and O–H groups in total. The van der Waals surface area contributed by atoms with Crippen LogP contribution in [0.1, 0.15) is 11.6 Å². The van der Waals surface area contributed by atoms with Crippen LogP contribution in [0.25, 0.3) is 11.4 Å². The minimum Gasteiger partial charge on any atom is -0.324 e. The number of benzene rings is 1. The molecule has 0 fully saturated rings. The standard InChI is InChI=1S/C11H11FN4/c1-7-14-10(6-13)16-11(15-7)8-4-2-3-5-9(8)12/h2-5H,6,13H2,1H3. The van der Waals surface area contributed by atoms with Crippen LogP contribution < -0.4 is 5.73 Å². The summed E-state index contributed by atoms with van der Waals surface area (Å²) in [6, 6.07) is 6.36. The summed E-state index contributed by atoms with van der Waals surface area (Å²) in [5.74, 6) is 0.974. The molecule has 0 aliphatic rings. The molecule has 4 nitrogen and oxygen atoms in total. The van der Waals surface area contributed by atoms with E-state index in [0.717, 1.165) is 0 Å². The van der Waals surface area contributed by atoms with E-state index in [9.17, 15) is 4.39 Å². The highest BCUT2D eigenvalue weighted by molar-refractivity contribution is 5.55. The van der Waals surface area contributed by atoms with Crippen molar-refractivity contribution in [1.29, 1.82) is 0 Å². The lowest BCUT2D eigenvalue weighted by Gasteiger charge is -2.04. The first-order valence-corrected chi connectivity index (χ1v) is 4.87. The number of hydrogen-bond acceptors (Lipinski definition) is 4. The van der Waals surface area contributed by atoms with E-state index in [-0.39, 0.29) is 12.4 Å². The molecule has 2 aromatic rings. The molecule has 1 heterocycles. The van der Waals surface area contributed by atoms with E-state index in [1.54, 1.807) is 25.1 Å². The third kappa shape index (κ3) is 2.04. The summed E-state index contributed by atoms with van der Waals surface area (Å²) in [6.07, 6.45) is 0. The highest BCUT2D eigenvalue weighted by Gasteiger charge is 2.09. The maximum Gasteiger partial charge on any atom is 0.166 e. The van der Waals surface area contributed by atoms with Crippen LogP contribution in [0.5, 0.6) is 0 Å². The molecule has 5 heteroatoms. The van der Waals surface area contributed by atoms with Gasteiger partial charge in [0.05, 0.1) is 12.1 Å². The second-order valence-corrected chi connectivity index (χ2v) is 3.31. The molecule has 1 aromatic heterocycles.